The molecule has 6 aromatic rings. The molecule has 9 rings (SSSR count). The summed E-state index contributed by atoms with van der Waals surface area (Å²) >= 11 is 5.44. The van der Waals surface area contributed by atoms with Gasteiger partial charge in [-0.2, -0.15) is 0 Å². The minimum absolute atomic E-state index is 0.00250. The maximum absolute atomic E-state index is 11.0. The lowest BCUT2D eigenvalue weighted by molar-refractivity contribution is -0.394. The van der Waals surface area contributed by atoms with E-state index >= 15 is 0 Å². The van der Waals surface area contributed by atoms with Gasteiger partial charge in [0.2, 0.25) is 0 Å². The van der Waals surface area contributed by atoms with Crippen LogP contribution in [0.1, 0.15) is 265 Å². The van der Waals surface area contributed by atoms with E-state index in [9.17, 15) is 45.6 Å². The van der Waals surface area contributed by atoms with Crippen molar-refractivity contribution >= 4 is 45.7 Å². The van der Waals surface area contributed by atoms with E-state index in [0.29, 0.717) is 52.4 Å². The number of non-ortho nitro benzene ring substituents is 4. The summed E-state index contributed by atoms with van der Waals surface area (Å²) in [7, 11) is 0. The largest absolute Gasteiger partial charge is 0.508 e. The topological polar surface area (TPSA) is 263 Å². The number of unbranched alkanes of at least 4 members (excludes halogenated alkanes) is 12. The highest BCUT2D eigenvalue weighted by Gasteiger charge is 2.26. The van der Waals surface area contributed by atoms with Gasteiger partial charge >= 0.3 is 0 Å². The predicted molar refractivity (Wildman–Crippen MR) is 388 cm³/mol. The second-order valence-corrected chi connectivity index (χ2v) is 27.2. The highest BCUT2D eigenvalue weighted by atomic mass is 35.5. The van der Waals surface area contributed by atoms with Crippen molar-refractivity contribution in [2.45, 2.75) is 250 Å². The average molecular weight is 1340 g/mol. The number of nitrogen functional groups attached to an aromatic ring is 2. The summed E-state index contributed by atoms with van der Waals surface area (Å²) in [5.41, 5.74) is 17.7. The van der Waals surface area contributed by atoms with Gasteiger partial charge in [0, 0.05) is 47.1 Å². The Hall–Kier alpha value is -7.79. The molecule has 18 heteroatoms. The van der Waals surface area contributed by atoms with E-state index < -0.39 is 19.7 Å². The number of ether oxygens (including phenoxy) is 2. The fourth-order valence-corrected chi connectivity index (χ4v) is 14.1. The van der Waals surface area contributed by atoms with E-state index in [0.717, 1.165) is 47.1 Å². The summed E-state index contributed by atoms with van der Waals surface area (Å²) in [5, 5.41) is 52.2. The standard InChI is InChI=1S/C26H34N2O5.C26H38N2O.C19H30O.C7H5ClN2O4/c1-2-3-4-5-6-7-20-8-10-22(11-9-20)23-12-14-26(15-13-23)33-19-21-16-24(27(29)30)18-25(17-21)28(31)32;1-2-3-4-5-6-7-20-8-10-22(11-9-20)23-12-14-26(15-13-23)29-19-21-16-24(27)18-25(28)17-21;1-2-3-4-5-6-7-16-8-10-17(11-9-16)18-12-14-19(20)15-13-18;8-4-5-1-6(9(11)12)3-7(2-5)10(13)14/h12-18,20,22H,2-11,19H2,1H3;12-18,20,22H,2-11,19,27-28H2,1H3;12-17,20H,2-11H2,1H3;1-3H,4H2. The number of anilines is 2. The Bertz CT molecular complexity index is 3170. The first-order chi connectivity index (χ1) is 46.4. The molecular formula is C78H107ClN6O11. The molecule has 522 valence electrons. The van der Waals surface area contributed by atoms with Crippen LogP contribution in [0.2, 0.25) is 0 Å². The SMILES string of the molecule is CCCCCCCC1CCC(c2ccc(O)cc2)CC1.CCCCCCCC1CCC(c2ccc(OCc3cc(N)cc(N)c3)cc2)CC1.CCCCCCCC1CCC(c2ccc(OCc3cc([N+](=O)[O-])cc([N+](=O)[O-])c3)cc2)CC1.O=[N+]([O-])c1cc(CCl)cc([N+](=O)[O-])c1. The zero-order chi connectivity index (χ0) is 69.0. The highest BCUT2D eigenvalue weighted by Crippen LogP contribution is 2.41. The maximum atomic E-state index is 11.0. The Morgan fingerprint density at radius 1 is 0.385 bits per heavy atom. The van der Waals surface area contributed by atoms with Crippen LogP contribution in [0, 0.1) is 58.2 Å². The van der Waals surface area contributed by atoms with Crippen molar-refractivity contribution in [1.82, 2.24) is 0 Å². The molecule has 3 fully saturated rings. The molecule has 0 heterocycles. The Kier molecular flexibility index (Phi) is 34.3. The average Bonchev–Trinajstić information content (AvgIpc) is 0.975. The molecule has 0 atom stereocenters. The van der Waals surface area contributed by atoms with Crippen molar-refractivity contribution in [3.05, 3.63) is 201 Å². The number of hydrogen-bond acceptors (Lipinski definition) is 13. The molecule has 17 nitrogen and oxygen atoms in total. The van der Waals surface area contributed by atoms with Crippen LogP contribution in [0.25, 0.3) is 0 Å². The number of alkyl halides is 1. The van der Waals surface area contributed by atoms with E-state index in [1.54, 1.807) is 6.07 Å². The van der Waals surface area contributed by atoms with Gasteiger partial charge in [-0.15, -0.1) is 11.6 Å². The number of aromatic hydroxyl groups is 1. The fourth-order valence-electron chi connectivity index (χ4n) is 13.9. The molecule has 0 aliphatic heterocycles. The molecule has 0 bridgehead atoms. The summed E-state index contributed by atoms with van der Waals surface area (Å²) in [5.74, 6) is 6.79. The third-order valence-corrected chi connectivity index (χ3v) is 19.8. The van der Waals surface area contributed by atoms with Gasteiger partial charge in [0.25, 0.3) is 22.7 Å². The van der Waals surface area contributed by atoms with Gasteiger partial charge < -0.3 is 26.0 Å². The van der Waals surface area contributed by atoms with Gasteiger partial charge in [-0.05, 0) is 195 Å². The number of benzene rings is 6. The summed E-state index contributed by atoms with van der Waals surface area (Å²) in [4.78, 5) is 40.2. The van der Waals surface area contributed by atoms with Crippen molar-refractivity contribution in [3.8, 4) is 17.2 Å². The van der Waals surface area contributed by atoms with Crippen LogP contribution in [0.15, 0.2) is 127 Å². The zero-order valence-electron chi connectivity index (χ0n) is 57.3. The number of nitrogens with zero attached hydrogens (tertiary/aromatic N) is 4. The quantitative estimate of drug-likeness (QED) is 0.0117. The molecule has 3 aliphatic rings. The van der Waals surface area contributed by atoms with E-state index in [-0.39, 0.29) is 35.2 Å². The second kappa shape index (κ2) is 42.7. The molecule has 96 heavy (non-hydrogen) atoms. The second-order valence-electron chi connectivity index (χ2n) is 27.0. The van der Waals surface area contributed by atoms with Crippen LogP contribution in [-0.2, 0) is 19.1 Å². The van der Waals surface area contributed by atoms with Gasteiger partial charge in [-0.3, -0.25) is 40.5 Å². The first kappa shape index (κ1) is 77.2. The van der Waals surface area contributed by atoms with Crippen molar-refractivity contribution in [1.29, 1.82) is 0 Å². The molecule has 0 spiro atoms. The van der Waals surface area contributed by atoms with Crippen molar-refractivity contribution in [2.75, 3.05) is 11.5 Å². The van der Waals surface area contributed by atoms with Gasteiger partial charge in [0.05, 0.1) is 31.8 Å². The Labute approximate surface area is 575 Å². The van der Waals surface area contributed by atoms with Crippen molar-refractivity contribution in [3.63, 3.8) is 0 Å². The number of hydrogen-bond donors (Lipinski definition) is 3. The highest BCUT2D eigenvalue weighted by molar-refractivity contribution is 6.17. The van der Waals surface area contributed by atoms with Crippen molar-refractivity contribution < 1.29 is 34.3 Å². The smallest absolute Gasteiger partial charge is 0.276 e. The number of nitrogens with two attached hydrogens (primary N) is 2. The minimum Gasteiger partial charge on any atom is -0.508 e. The summed E-state index contributed by atoms with van der Waals surface area (Å²) in [6.45, 7) is 7.34. The summed E-state index contributed by atoms with van der Waals surface area (Å²) < 4.78 is 11.7. The number of halogens is 1. The van der Waals surface area contributed by atoms with Gasteiger partial charge in [0.1, 0.15) is 30.5 Å². The van der Waals surface area contributed by atoms with E-state index in [1.165, 1.54) is 234 Å². The lowest BCUT2D eigenvalue weighted by Gasteiger charge is -2.29. The van der Waals surface area contributed by atoms with E-state index in [4.69, 9.17) is 32.5 Å². The first-order valence-corrected chi connectivity index (χ1v) is 36.3. The summed E-state index contributed by atoms with van der Waals surface area (Å²) in [6.07, 6.45) is 41.1. The number of nitro groups is 4. The van der Waals surface area contributed by atoms with Crippen LogP contribution in [0.5, 0.6) is 17.2 Å². The molecule has 5 N–H and O–H groups in total. The molecule has 3 aliphatic carbocycles. The third kappa shape index (κ3) is 28.1. The number of phenolic OH excluding ortho intramolecular Hbond substituents is 1. The number of phenols is 1. The first-order valence-electron chi connectivity index (χ1n) is 35.7. The predicted octanol–water partition coefficient (Wildman–Crippen LogP) is 23.0. The van der Waals surface area contributed by atoms with E-state index in [1.807, 2.05) is 36.4 Å². The Morgan fingerprint density at radius 2 is 0.667 bits per heavy atom. The Balaban J connectivity index is 0.000000211. The van der Waals surface area contributed by atoms with Crippen LogP contribution in [-0.4, -0.2) is 24.8 Å². The minimum atomic E-state index is -0.691. The molecular weight excluding hydrogens is 1230 g/mol. The lowest BCUT2D eigenvalue weighted by Crippen LogP contribution is -2.13. The molecule has 0 saturated heterocycles. The molecule has 0 aromatic heterocycles. The van der Waals surface area contributed by atoms with E-state index in [2.05, 4.69) is 69.3 Å². The Morgan fingerprint density at radius 3 is 0.958 bits per heavy atom. The van der Waals surface area contributed by atoms with Crippen molar-refractivity contribution in [2.24, 2.45) is 17.8 Å². The monoisotopic (exact) mass is 1340 g/mol. The molecule has 6 aromatic carbocycles. The summed E-state index contributed by atoms with van der Waals surface area (Å²) in [6, 6.07) is 37.1. The molecule has 0 amide bonds. The maximum Gasteiger partial charge on any atom is 0.276 e. The molecule has 0 unspecified atom stereocenters. The normalized spacial score (nSPS) is 18.2. The van der Waals surface area contributed by atoms with Gasteiger partial charge in [0.15, 0.2) is 0 Å². The van der Waals surface area contributed by atoms with Crippen LogP contribution in [0.3, 0.4) is 0 Å². The fraction of sp³-hybridized carbons (Fsp3) is 0.538. The molecule has 3 saturated carbocycles. The molecule has 0 radical (unpaired) electrons. The number of nitro benzene ring substituents is 4. The lowest BCUT2D eigenvalue weighted by atomic mass is 9.77. The van der Waals surface area contributed by atoms with Crippen LogP contribution < -0.4 is 20.9 Å². The number of rotatable bonds is 32. The van der Waals surface area contributed by atoms with Crippen LogP contribution in [0.4, 0.5) is 34.1 Å². The zero-order valence-corrected chi connectivity index (χ0v) is 58.0. The van der Waals surface area contributed by atoms with Gasteiger partial charge in [-0.25, -0.2) is 0 Å². The third-order valence-electron chi connectivity index (χ3n) is 19.5. The van der Waals surface area contributed by atoms with Gasteiger partial charge in [-0.1, -0.05) is 173 Å². The van der Waals surface area contributed by atoms with Crippen LogP contribution >= 0.6 is 11.6 Å².